The van der Waals surface area contributed by atoms with Crippen LogP contribution in [-0.2, 0) is 52.8 Å². The molecule has 0 radical (unpaired) electrons. The van der Waals surface area contributed by atoms with Crippen LogP contribution in [0.1, 0.15) is 87.3 Å². The minimum absolute atomic E-state index is 0.00197. The minimum Gasteiger partial charge on any atom is -0.370 e. The molecule has 3 aromatic carbocycles. The Hall–Kier alpha value is -4.37. The second-order valence-corrected chi connectivity index (χ2v) is 16.5. The minimum atomic E-state index is -1.15. The normalized spacial score (nSPS) is 19.0. The lowest BCUT2D eigenvalue weighted by Gasteiger charge is -2.29. The van der Waals surface area contributed by atoms with Crippen molar-refractivity contribution in [3.8, 4) is 0 Å². The second kappa shape index (κ2) is 26.4. The number of nitrogens with one attached hydrogen (secondary N) is 6. The van der Waals surface area contributed by atoms with Gasteiger partial charge in [0.1, 0.15) is 23.9 Å². The van der Waals surface area contributed by atoms with E-state index in [0.29, 0.717) is 66.2 Å². The molecular weight excluding hydrogens is 1060 g/mol. The van der Waals surface area contributed by atoms with Crippen molar-refractivity contribution in [3.63, 3.8) is 0 Å². The van der Waals surface area contributed by atoms with Crippen LogP contribution in [-0.4, -0.2) is 72.6 Å². The summed E-state index contributed by atoms with van der Waals surface area (Å²) >= 11 is 10.7. The van der Waals surface area contributed by atoms with Gasteiger partial charge in [-0.3, -0.25) is 33.6 Å². The average molecular weight is 1110 g/mol. The number of anilines is 1. The first-order valence-corrected chi connectivity index (χ1v) is 27.7. The molecule has 63 heavy (non-hydrogen) atoms. The summed E-state index contributed by atoms with van der Waals surface area (Å²) in [7, 11) is 0. The molecule has 1 heterocycles. The fraction of sp³-hybridized carbons (Fsp3) is 0.444. The molecule has 18 heteroatoms. The lowest BCUT2D eigenvalue weighted by Crippen LogP contribution is -2.55. The summed E-state index contributed by atoms with van der Waals surface area (Å²) in [6.07, 6.45) is 5.31. The van der Waals surface area contributed by atoms with E-state index in [9.17, 15) is 38.0 Å². The lowest BCUT2D eigenvalue weighted by atomic mass is 9.78. The lowest BCUT2D eigenvalue weighted by molar-refractivity contribution is -0.133. The van der Waals surface area contributed by atoms with E-state index in [4.69, 9.17) is 17.3 Å². The van der Waals surface area contributed by atoms with Gasteiger partial charge >= 0.3 is 0 Å². The van der Waals surface area contributed by atoms with Crippen molar-refractivity contribution in [2.75, 3.05) is 18.4 Å². The molecule has 2 aliphatic rings. The number of rotatable bonds is 12. The highest BCUT2D eigenvalue weighted by Crippen LogP contribution is 2.44. The fourth-order valence-corrected chi connectivity index (χ4v) is 8.08. The molecule has 3 aromatic rings. The molecule has 0 bridgehead atoms. The highest BCUT2D eigenvalue weighted by molar-refractivity contribution is 15.0. The van der Waals surface area contributed by atoms with E-state index in [1.54, 1.807) is 48.5 Å². The molecule has 340 valence electrons. The third kappa shape index (κ3) is 17.6. The number of halogens is 4. The van der Waals surface area contributed by atoms with Gasteiger partial charge in [-0.15, -0.1) is 0 Å². The van der Waals surface area contributed by atoms with Crippen LogP contribution in [0.25, 0.3) is 0 Å². The highest BCUT2D eigenvalue weighted by Gasteiger charge is 2.39. The number of hydrogen-bond donors (Lipinski definition) is 7. The zero-order valence-electron chi connectivity index (χ0n) is 34.9. The van der Waals surface area contributed by atoms with Crippen molar-refractivity contribution in [1.82, 2.24) is 26.6 Å². The maximum absolute atomic E-state index is 14.0. The Balaban J connectivity index is 0.00000429. The van der Waals surface area contributed by atoms with E-state index < -0.39 is 64.8 Å². The molecule has 1 spiro atoms. The van der Waals surface area contributed by atoms with Gasteiger partial charge in [-0.05, 0) is 91.0 Å². The number of carbonyl (C=O) groups excluding carboxylic acids is 7. The Morgan fingerprint density at radius 3 is 2.08 bits per heavy atom. The van der Waals surface area contributed by atoms with Gasteiger partial charge in [0.2, 0.25) is 41.4 Å². The van der Waals surface area contributed by atoms with E-state index >= 15 is 0 Å². The molecule has 1 aliphatic carbocycles. The maximum Gasteiger partial charge on any atom is 0.247 e. The van der Waals surface area contributed by atoms with Crippen LogP contribution in [0.2, 0.25) is 5.02 Å². The average Bonchev–Trinajstić information content (AvgIpc) is 3.70. The summed E-state index contributed by atoms with van der Waals surface area (Å²) in [5.74, 6) is -3.71. The first kappa shape index (κ1) is 51.3. The van der Waals surface area contributed by atoms with Gasteiger partial charge < -0.3 is 37.6 Å². The summed E-state index contributed by atoms with van der Waals surface area (Å²) in [5.41, 5.74) is 7.04. The van der Waals surface area contributed by atoms with Crippen LogP contribution in [0.5, 0.6) is 0 Å². The molecular formula is C45H55ClFI2N7O7. The molecule has 3 atom stereocenters. The number of amides is 7. The molecule has 0 unspecified atom stereocenters. The largest absolute Gasteiger partial charge is 0.370 e. The number of nitrogens with two attached hydrogens (primary N) is 1. The zero-order chi connectivity index (χ0) is 45.8. The zero-order valence-corrected chi connectivity index (χ0v) is 40.0. The van der Waals surface area contributed by atoms with E-state index in [-0.39, 0.29) is 50.9 Å². The standard InChI is InChI=1S/C45H55ClFN7O7.I2/c46-34-9-3-2-8-31(34)26-37(52-39(56)25-30-10-14-32(47)15-11-30)43(60)51-33-16-12-29(13-17-33)24-36-44(61)54-35(18-19-38(48)55)42(59)50-23-7-1-6-22-49-40(57)27-45(20-4-5-21-45)28-41(58)53-36;1-2/h2-3,8-17,35-37H,1,4-7,18-28H2,(H2,48,55)(H,49,57)(H,50,59)(H,51,60)(H,52,56)(H,53,58)(H,54,61);/t35-,36-,37+;/m1./s1. The number of benzene rings is 3. The Labute approximate surface area is 395 Å². The van der Waals surface area contributed by atoms with Crippen molar-refractivity contribution < 1.29 is 38.0 Å². The van der Waals surface area contributed by atoms with Crippen LogP contribution in [0, 0.1) is 11.2 Å². The predicted molar refractivity (Wildman–Crippen MR) is 256 cm³/mol. The van der Waals surface area contributed by atoms with Gasteiger partial charge in [-0.1, -0.05) is 66.9 Å². The van der Waals surface area contributed by atoms with E-state index in [2.05, 4.69) is 69.1 Å². The van der Waals surface area contributed by atoms with Gasteiger partial charge in [0.15, 0.2) is 0 Å². The van der Waals surface area contributed by atoms with E-state index in [1.165, 1.54) is 24.3 Å². The molecule has 7 amide bonds. The topological polar surface area (TPSA) is 218 Å². The smallest absolute Gasteiger partial charge is 0.247 e. The molecule has 1 saturated carbocycles. The Bertz CT molecular complexity index is 2040. The summed E-state index contributed by atoms with van der Waals surface area (Å²) in [6.45, 7) is 0.806. The van der Waals surface area contributed by atoms with E-state index in [1.807, 2.05) is 0 Å². The molecule has 5 rings (SSSR count). The molecule has 1 saturated heterocycles. The summed E-state index contributed by atoms with van der Waals surface area (Å²) in [5, 5.41) is 17.4. The SMILES string of the molecule is II.NC(=O)CC[C@H]1NC(=O)[C@@H](Cc2ccc(NC(=O)[C@H](Cc3ccccc3Cl)NC(=O)Cc3ccc(F)cc3)cc2)NC(=O)CC2(CCCC2)CC(=O)NCCCCCNC1=O. The van der Waals surface area contributed by atoms with Gasteiger partial charge in [0, 0.05) is 93.1 Å². The highest BCUT2D eigenvalue weighted by atomic mass is 128. The third-order valence-electron chi connectivity index (χ3n) is 11.1. The first-order chi connectivity index (χ1) is 30.3. The molecule has 0 aromatic heterocycles. The first-order valence-electron chi connectivity index (χ1n) is 21.0. The van der Waals surface area contributed by atoms with Crippen molar-refractivity contribution in [1.29, 1.82) is 0 Å². The quantitative estimate of drug-likeness (QED) is 0.112. The van der Waals surface area contributed by atoms with Gasteiger partial charge in [-0.2, -0.15) is 0 Å². The Morgan fingerprint density at radius 2 is 1.41 bits per heavy atom. The van der Waals surface area contributed by atoms with Crippen LogP contribution >= 0.6 is 48.8 Å². The van der Waals surface area contributed by atoms with Crippen molar-refractivity contribution in [2.24, 2.45) is 11.1 Å². The summed E-state index contributed by atoms with van der Waals surface area (Å²) in [4.78, 5) is 92.5. The van der Waals surface area contributed by atoms with E-state index in [0.717, 1.165) is 19.3 Å². The van der Waals surface area contributed by atoms with Crippen LogP contribution in [0.4, 0.5) is 10.1 Å². The monoisotopic (exact) mass is 1110 g/mol. The maximum atomic E-state index is 14.0. The third-order valence-corrected chi connectivity index (χ3v) is 11.5. The van der Waals surface area contributed by atoms with Gasteiger partial charge in [0.25, 0.3) is 0 Å². The second-order valence-electron chi connectivity index (χ2n) is 16.1. The summed E-state index contributed by atoms with van der Waals surface area (Å²) < 4.78 is 13.5. The number of primary amides is 1. The van der Waals surface area contributed by atoms with Crippen LogP contribution < -0.4 is 37.6 Å². The predicted octanol–water partition coefficient (Wildman–Crippen LogP) is 5.69. The molecule has 2 fully saturated rings. The van der Waals surface area contributed by atoms with Crippen LogP contribution in [0.15, 0.2) is 72.8 Å². The molecule has 8 N–H and O–H groups in total. The Morgan fingerprint density at radius 1 is 0.778 bits per heavy atom. The van der Waals surface area contributed by atoms with Gasteiger partial charge in [0.05, 0.1) is 6.42 Å². The molecule has 14 nitrogen and oxygen atoms in total. The number of hydrogen-bond acceptors (Lipinski definition) is 7. The number of carbonyl (C=O) groups is 7. The molecule has 1 aliphatic heterocycles. The van der Waals surface area contributed by atoms with Crippen molar-refractivity contribution in [2.45, 2.75) is 108 Å². The van der Waals surface area contributed by atoms with Crippen molar-refractivity contribution >= 4 is 95.9 Å². The fourth-order valence-electron chi connectivity index (χ4n) is 7.87. The Kier molecular flexibility index (Phi) is 21.5. The van der Waals surface area contributed by atoms with Crippen molar-refractivity contribution in [3.05, 3.63) is 100 Å². The van der Waals surface area contributed by atoms with Crippen LogP contribution in [0.3, 0.4) is 0 Å². The van der Waals surface area contributed by atoms with Gasteiger partial charge in [-0.25, -0.2) is 4.39 Å². The summed E-state index contributed by atoms with van der Waals surface area (Å²) in [6, 6.07) is 15.8.